The summed E-state index contributed by atoms with van der Waals surface area (Å²) in [6, 6.07) is 4.15. The Kier molecular flexibility index (Phi) is 1.46. The summed E-state index contributed by atoms with van der Waals surface area (Å²) in [5, 5.41) is 0. The molecule has 0 aliphatic heterocycles. The minimum Gasteiger partial charge on any atom is -0.496 e. The summed E-state index contributed by atoms with van der Waals surface area (Å²) in [7, 11) is 3.57. The van der Waals surface area contributed by atoms with Gasteiger partial charge < -0.3 is 9.47 Å². The molecular formula is C16H16O2. The Morgan fingerprint density at radius 2 is 1.39 bits per heavy atom. The van der Waals surface area contributed by atoms with Gasteiger partial charge in [0.15, 0.2) is 0 Å². The van der Waals surface area contributed by atoms with Crippen molar-refractivity contribution in [1.29, 1.82) is 0 Å². The maximum absolute atomic E-state index is 5.60. The highest BCUT2D eigenvalue weighted by molar-refractivity contribution is 5.63. The average molecular weight is 240 g/mol. The van der Waals surface area contributed by atoms with Crippen molar-refractivity contribution in [2.75, 3.05) is 14.2 Å². The number of hydrogen-bond acceptors (Lipinski definition) is 2. The first-order valence-corrected chi connectivity index (χ1v) is 6.80. The summed E-state index contributed by atoms with van der Waals surface area (Å²) in [5.41, 5.74) is 2.92. The summed E-state index contributed by atoms with van der Waals surface area (Å²) < 4.78 is 11.2. The first-order valence-electron chi connectivity index (χ1n) is 6.80. The van der Waals surface area contributed by atoms with Crippen LogP contribution in [0.3, 0.4) is 0 Å². The Balaban J connectivity index is 1.77. The second kappa shape index (κ2) is 2.76. The molecule has 0 N–H and O–H groups in total. The molecule has 2 heteroatoms. The zero-order valence-electron chi connectivity index (χ0n) is 10.6. The van der Waals surface area contributed by atoms with Gasteiger partial charge in [0.25, 0.3) is 0 Å². The Labute approximate surface area is 107 Å². The minimum atomic E-state index is 0.704. The largest absolute Gasteiger partial charge is 0.496 e. The van der Waals surface area contributed by atoms with E-state index in [-0.39, 0.29) is 0 Å². The highest BCUT2D eigenvalue weighted by atomic mass is 16.5. The Morgan fingerprint density at radius 3 is 1.94 bits per heavy atom. The first kappa shape index (κ1) is 9.48. The standard InChI is InChI=1S/C16H16O2/c1-17-9-5-6-10(18-2)14-13(9)11-7-3-4-8(7)12-15(11)16(12)14/h3-8,11-12,15-16H,1-2H3/t7-,8+,11+,12+,15+,16-/m1/s1. The molecule has 1 aromatic rings. The molecule has 4 aliphatic carbocycles. The lowest BCUT2D eigenvalue weighted by atomic mass is 9.76. The number of methoxy groups -OCH3 is 2. The third-order valence-electron chi connectivity index (χ3n) is 5.72. The van der Waals surface area contributed by atoms with E-state index in [1.807, 2.05) is 0 Å². The van der Waals surface area contributed by atoms with Crippen LogP contribution in [0.5, 0.6) is 11.5 Å². The molecule has 92 valence electrons. The summed E-state index contributed by atoms with van der Waals surface area (Å²) in [4.78, 5) is 0. The molecule has 18 heavy (non-hydrogen) atoms. The number of allylic oxidation sites excluding steroid dienone is 2. The van der Waals surface area contributed by atoms with E-state index in [0.717, 1.165) is 41.1 Å². The molecule has 5 rings (SSSR count). The van der Waals surface area contributed by atoms with E-state index in [1.165, 1.54) is 11.1 Å². The average Bonchev–Trinajstić information content (AvgIpc) is 2.89. The molecule has 0 heterocycles. The fraction of sp³-hybridized carbons (Fsp3) is 0.500. The lowest BCUT2D eigenvalue weighted by Gasteiger charge is -2.29. The molecule has 0 bridgehead atoms. The molecule has 1 aromatic carbocycles. The fourth-order valence-corrected chi connectivity index (χ4v) is 5.10. The number of benzene rings is 1. The molecule has 0 saturated heterocycles. The normalized spacial score (nSPS) is 43.9. The van der Waals surface area contributed by atoms with Crippen LogP contribution in [0.2, 0.25) is 0 Å². The number of fused-ring (bicyclic) bond motifs is 7. The Bertz CT molecular complexity index is 589. The lowest BCUT2D eigenvalue weighted by Crippen LogP contribution is -2.20. The zero-order valence-corrected chi connectivity index (χ0v) is 10.6. The third kappa shape index (κ3) is 0.781. The van der Waals surface area contributed by atoms with Crippen LogP contribution >= 0.6 is 0 Å². The predicted octanol–water partition coefficient (Wildman–Crippen LogP) is 2.95. The summed E-state index contributed by atoms with van der Waals surface area (Å²) in [5.74, 6) is 6.99. The number of hydrogen-bond donors (Lipinski definition) is 0. The Hall–Kier alpha value is -1.44. The van der Waals surface area contributed by atoms with Crippen molar-refractivity contribution in [2.24, 2.45) is 23.7 Å². The van der Waals surface area contributed by atoms with Crippen LogP contribution in [0.1, 0.15) is 23.0 Å². The van der Waals surface area contributed by atoms with Gasteiger partial charge in [0, 0.05) is 11.1 Å². The van der Waals surface area contributed by atoms with Gasteiger partial charge in [-0.2, -0.15) is 0 Å². The monoisotopic (exact) mass is 240 g/mol. The minimum absolute atomic E-state index is 0.704. The molecule has 0 aromatic heterocycles. The van der Waals surface area contributed by atoms with Gasteiger partial charge in [0.1, 0.15) is 11.5 Å². The second-order valence-electron chi connectivity index (χ2n) is 6.04. The molecule has 4 aliphatic rings. The maximum atomic E-state index is 5.60. The summed E-state index contributed by atoms with van der Waals surface area (Å²) in [6.07, 6.45) is 4.83. The molecule has 0 unspecified atom stereocenters. The molecule has 2 nitrogen and oxygen atoms in total. The predicted molar refractivity (Wildman–Crippen MR) is 68.1 cm³/mol. The van der Waals surface area contributed by atoms with Crippen molar-refractivity contribution in [3.8, 4) is 11.5 Å². The van der Waals surface area contributed by atoms with Crippen LogP contribution in [0, 0.1) is 23.7 Å². The Morgan fingerprint density at radius 1 is 0.778 bits per heavy atom. The van der Waals surface area contributed by atoms with Crippen LogP contribution < -0.4 is 9.47 Å². The highest BCUT2D eigenvalue weighted by Gasteiger charge is 2.73. The topological polar surface area (TPSA) is 18.5 Å². The van der Waals surface area contributed by atoms with Gasteiger partial charge in [-0.3, -0.25) is 0 Å². The molecule has 0 radical (unpaired) electrons. The smallest absolute Gasteiger partial charge is 0.122 e. The quantitative estimate of drug-likeness (QED) is 0.740. The van der Waals surface area contributed by atoms with E-state index in [4.69, 9.17) is 9.47 Å². The van der Waals surface area contributed by atoms with Crippen molar-refractivity contribution in [3.63, 3.8) is 0 Å². The van der Waals surface area contributed by atoms with Crippen LogP contribution in [0.4, 0.5) is 0 Å². The summed E-state index contributed by atoms with van der Waals surface area (Å²) >= 11 is 0. The number of rotatable bonds is 2. The second-order valence-corrected chi connectivity index (χ2v) is 6.04. The van der Waals surface area contributed by atoms with Gasteiger partial charge >= 0.3 is 0 Å². The van der Waals surface area contributed by atoms with E-state index in [2.05, 4.69) is 24.3 Å². The van der Waals surface area contributed by atoms with Gasteiger partial charge in [-0.1, -0.05) is 12.2 Å². The van der Waals surface area contributed by atoms with E-state index in [1.54, 1.807) is 14.2 Å². The zero-order chi connectivity index (χ0) is 12.0. The van der Waals surface area contributed by atoms with Gasteiger partial charge in [-0.05, 0) is 47.6 Å². The van der Waals surface area contributed by atoms with Gasteiger partial charge in [-0.25, -0.2) is 0 Å². The van der Waals surface area contributed by atoms with Crippen molar-refractivity contribution in [2.45, 2.75) is 11.8 Å². The van der Waals surface area contributed by atoms with Crippen molar-refractivity contribution >= 4 is 0 Å². The van der Waals surface area contributed by atoms with E-state index in [0.29, 0.717) is 5.92 Å². The summed E-state index contributed by atoms with van der Waals surface area (Å²) in [6.45, 7) is 0. The van der Waals surface area contributed by atoms with Crippen LogP contribution in [-0.2, 0) is 0 Å². The van der Waals surface area contributed by atoms with E-state index < -0.39 is 0 Å². The first-order chi connectivity index (χ1) is 8.86. The van der Waals surface area contributed by atoms with E-state index >= 15 is 0 Å². The molecule has 2 saturated carbocycles. The molecule has 2 fully saturated rings. The lowest BCUT2D eigenvalue weighted by molar-refractivity contribution is 0.378. The maximum Gasteiger partial charge on any atom is 0.122 e. The van der Waals surface area contributed by atoms with Crippen molar-refractivity contribution in [1.82, 2.24) is 0 Å². The van der Waals surface area contributed by atoms with Gasteiger partial charge in [0.2, 0.25) is 0 Å². The molecule has 0 amide bonds. The van der Waals surface area contributed by atoms with Gasteiger partial charge in [-0.15, -0.1) is 0 Å². The third-order valence-corrected chi connectivity index (χ3v) is 5.72. The fourth-order valence-electron chi connectivity index (χ4n) is 5.10. The van der Waals surface area contributed by atoms with Gasteiger partial charge in [0.05, 0.1) is 14.2 Å². The highest BCUT2D eigenvalue weighted by Crippen LogP contribution is 2.81. The van der Waals surface area contributed by atoms with Crippen LogP contribution in [0.25, 0.3) is 0 Å². The van der Waals surface area contributed by atoms with Crippen molar-refractivity contribution in [3.05, 3.63) is 35.4 Å². The molecule has 6 atom stereocenters. The van der Waals surface area contributed by atoms with Crippen LogP contribution in [0.15, 0.2) is 24.3 Å². The molecular weight excluding hydrogens is 224 g/mol. The number of ether oxygens (including phenoxy) is 2. The molecule has 0 spiro atoms. The van der Waals surface area contributed by atoms with Crippen molar-refractivity contribution < 1.29 is 9.47 Å². The van der Waals surface area contributed by atoms with Crippen LogP contribution in [-0.4, -0.2) is 14.2 Å². The SMILES string of the molecule is COc1ccc(OC)c2c1[C@@H]1[C@@H]3C=C[C@@H]3[C@@H]3[C@H]2[C@@H]13. The van der Waals surface area contributed by atoms with E-state index in [9.17, 15) is 0 Å².